The van der Waals surface area contributed by atoms with E-state index < -0.39 is 19.6 Å². The number of ether oxygens (including phenoxy) is 1. The third kappa shape index (κ3) is 5.41. The Morgan fingerprint density at radius 1 is 1.54 bits per heavy atom. The number of carbonyl (C=O) groups excluding carboxylic acids is 1. The van der Waals surface area contributed by atoms with Crippen molar-refractivity contribution in [2.45, 2.75) is 13.8 Å². The lowest BCUT2D eigenvalue weighted by atomic mass is 10.5. The quantitative estimate of drug-likeness (QED) is 0.305. The van der Waals surface area contributed by atoms with Crippen LogP contribution < -0.4 is 0 Å². The first-order valence-corrected chi connectivity index (χ1v) is 5.02. The molecule has 0 aliphatic rings. The van der Waals surface area contributed by atoms with Gasteiger partial charge in [0.1, 0.15) is 0 Å². The number of phosphoric ester groups is 1. The van der Waals surface area contributed by atoms with Gasteiger partial charge in [-0.2, -0.15) is 0 Å². The van der Waals surface area contributed by atoms with Gasteiger partial charge in [-0.05, 0) is 19.9 Å². The van der Waals surface area contributed by atoms with Crippen LogP contribution in [0.25, 0.3) is 0 Å². The maximum absolute atomic E-state index is 10.9. The number of phosphoric acid groups is 1. The highest BCUT2D eigenvalue weighted by molar-refractivity contribution is 7.46. The Kier molecular flexibility index (Phi) is 4.69. The van der Waals surface area contributed by atoms with Crippen molar-refractivity contribution in [1.29, 1.82) is 0 Å². The van der Waals surface area contributed by atoms with E-state index in [9.17, 15) is 9.36 Å². The van der Waals surface area contributed by atoms with Gasteiger partial charge in [0.2, 0.25) is 5.76 Å². The first-order valence-electron chi connectivity index (χ1n) is 3.49. The Balaban J connectivity index is 4.38. The van der Waals surface area contributed by atoms with E-state index in [1.54, 1.807) is 6.92 Å². The molecule has 0 aromatic heterocycles. The van der Waals surface area contributed by atoms with E-state index >= 15 is 0 Å². The molecule has 0 atom stereocenters. The van der Waals surface area contributed by atoms with E-state index in [-0.39, 0.29) is 6.61 Å². The summed E-state index contributed by atoms with van der Waals surface area (Å²) >= 11 is 0. The van der Waals surface area contributed by atoms with Crippen LogP contribution in [0.5, 0.6) is 0 Å². The highest BCUT2D eigenvalue weighted by Crippen LogP contribution is 2.38. The van der Waals surface area contributed by atoms with Crippen LogP contribution in [-0.2, 0) is 18.6 Å². The number of hydrogen-bond acceptors (Lipinski definition) is 4. The van der Waals surface area contributed by atoms with Crippen molar-refractivity contribution in [3.63, 3.8) is 0 Å². The Morgan fingerprint density at radius 3 is 2.38 bits per heavy atom. The molecule has 0 unspecified atom stereocenters. The molecule has 76 valence electrons. The highest BCUT2D eigenvalue weighted by atomic mass is 31.2. The van der Waals surface area contributed by atoms with Gasteiger partial charge in [0.15, 0.2) is 0 Å². The summed E-state index contributed by atoms with van der Waals surface area (Å²) < 4.78 is 18.9. The van der Waals surface area contributed by atoms with E-state index in [1.165, 1.54) is 6.92 Å². The van der Waals surface area contributed by atoms with E-state index in [0.29, 0.717) is 0 Å². The molecule has 0 rings (SSSR count). The smallest absolute Gasteiger partial charge is 0.460 e. The molecule has 0 aromatic rings. The number of carbonyl (C=O) groups is 1. The average Bonchev–Trinajstić information content (AvgIpc) is 1.99. The summed E-state index contributed by atoms with van der Waals surface area (Å²) in [5.41, 5.74) is 0. The minimum Gasteiger partial charge on any atom is -0.460 e. The molecule has 0 amide bonds. The molecule has 0 radical (unpaired) electrons. The average molecular weight is 210 g/mol. The summed E-state index contributed by atoms with van der Waals surface area (Å²) in [7, 11) is -4.69. The number of rotatable bonds is 4. The van der Waals surface area contributed by atoms with Gasteiger partial charge in [0.05, 0.1) is 6.61 Å². The lowest BCUT2D eigenvalue weighted by Crippen LogP contribution is -2.09. The van der Waals surface area contributed by atoms with Crippen molar-refractivity contribution >= 4 is 13.8 Å². The van der Waals surface area contributed by atoms with Crippen molar-refractivity contribution in [1.82, 2.24) is 0 Å². The van der Waals surface area contributed by atoms with Crippen LogP contribution in [0.15, 0.2) is 11.8 Å². The van der Waals surface area contributed by atoms with Crippen LogP contribution in [0.1, 0.15) is 13.8 Å². The van der Waals surface area contributed by atoms with Gasteiger partial charge >= 0.3 is 13.8 Å². The van der Waals surface area contributed by atoms with Gasteiger partial charge in [-0.1, -0.05) is 0 Å². The molecular weight excluding hydrogens is 199 g/mol. The van der Waals surface area contributed by atoms with Crippen LogP contribution in [0.2, 0.25) is 0 Å². The van der Waals surface area contributed by atoms with Crippen LogP contribution in [0.4, 0.5) is 0 Å². The molecular formula is C6H11O6P. The van der Waals surface area contributed by atoms with Crippen molar-refractivity contribution in [3.8, 4) is 0 Å². The molecule has 0 saturated carbocycles. The van der Waals surface area contributed by atoms with E-state index in [1.807, 2.05) is 0 Å². The molecule has 6 nitrogen and oxygen atoms in total. The van der Waals surface area contributed by atoms with Crippen LogP contribution in [0, 0.1) is 0 Å². The molecule has 0 saturated heterocycles. The summed E-state index contributed by atoms with van der Waals surface area (Å²) in [4.78, 5) is 27.6. The molecule has 13 heavy (non-hydrogen) atoms. The first kappa shape index (κ1) is 12.2. The topological polar surface area (TPSA) is 93.1 Å². The van der Waals surface area contributed by atoms with E-state index in [2.05, 4.69) is 9.26 Å². The van der Waals surface area contributed by atoms with Crippen molar-refractivity contribution < 1.29 is 28.4 Å². The van der Waals surface area contributed by atoms with Crippen LogP contribution >= 0.6 is 7.82 Å². The second-order valence-electron chi connectivity index (χ2n) is 1.96. The van der Waals surface area contributed by atoms with Gasteiger partial charge in [-0.15, -0.1) is 0 Å². The number of allylic oxidation sites excluding steroid dienone is 1. The fraction of sp³-hybridized carbons (Fsp3) is 0.500. The predicted octanol–water partition coefficient (Wildman–Crippen LogP) is 0.563. The van der Waals surface area contributed by atoms with E-state index in [4.69, 9.17) is 9.79 Å². The molecule has 0 fully saturated rings. The van der Waals surface area contributed by atoms with Crippen molar-refractivity contribution in [2.24, 2.45) is 0 Å². The Hall–Kier alpha value is -0.840. The molecule has 0 bridgehead atoms. The largest absolute Gasteiger partial charge is 0.525 e. The maximum Gasteiger partial charge on any atom is 0.525 e. The number of esters is 1. The third-order valence-corrected chi connectivity index (χ3v) is 1.39. The zero-order valence-corrected chi connectivity index (χ0v) is 8.15. The molecule has 0 spiro atoms. The van der Waals surface area contributed by atoms with Crippen molar-refractivity contribution in [3.05, 3.63) is 11.8 Å². The second kappa shape index (κ2) is 5.01. The second-order valence-corrected chi connectivity index (χ2v) is 3.12. The minimum atomic E-state index is -4.69. The standard InChI is InChI=1S/C6H11O6P/c1-3-5(6(7)11-4-2)12-13(8,9)10/h3H,4H2,1-2H3,(H2,8,9,10)/b5-3+. The minimum absolute atomic E-state index is 0.112. The third-order valence-electron chi connectivity index (χ3n) is 0.956. The molecule has 0 aliphatic heterocycles. The lowest BCUT2D eigenvalue weighted by molar-refractivity contribution is -0.141. The highest BCUT2D eigenvalue weighted by Gasteiger charge is 2.22. The molecule has 0 aromatic carbocycles. The Bertz CT molecular complexity index is 252. The zero-order valence-electron chi connectivity index (χ0n) is 7.26. The monoisotopic (exact) mass is 210 g/mol. The molecule has 7 heteroatoms. The Labute approximate surface area is 75.4 Å². The fourth-order valence-corrected chi connectivity index (χ4v) is 0.974. The summed E-state index contributed by atoms with van der Waals surface area (Å²) in [5.74, 6) is -1.39. The maximum atomic E-state index is 10.9. The number of hydrogen-bond donors (Lipinski definition) is 2. The summed E-state index contributed by atoms with van der Waals surface area (Å²) in [6.07, 6.45) is 1.12. The molecule has 0 heterocycles. The van der Waals surface area contributed by atoms with Gasteiger partial charge < -0.3 is 9.26 Å². The normalized spacial score (nSPS) is 12.5. The lowest BCUT2D eigenvalue weighted by Gasteiger charge is -2.08. The fourth-order valence-electron chi connectivity index (χ4n) is 0.538. The molecule has 2 N–H and O–H groups in total. The molecule has 0 aliphatic carbocycles. The van der Waals surface area contributed by atoms with Crippen molar-refractivity contribution in [2.75, 3.05) is 6.61 Å². The SMILES string of the molecule is C/C=C(/OP(=O)(O)O)C(=O)OCC. The van der Waals surface area contributed by atoms with Gasteiger partial charge in [0.25, 0.3) is 0 Å². The Morgan fingerprint density at radius 2 is 2.08 bits per heavy atom. The van der Waals surface area contributed by atoms with Crippen LogP contribution in [0.3, 0.4) is 0 Å². The summed E-state index contributed by atoms with van der Waals surface area (Å²) in [6.45, 7) is 3.09. The zero-order chi connectivity index (χ0) is 10.5. The summed E-state index contributed by atoms with van der Waals surface area (Å²) in [6, 6.07) is 0. The van der Waals surface area contributed by atoms with Gasteiger partial charge in [-0.3, -0.25) is 9.79 Å². The summed E-state index contributed by atoms with van der Waals surface area (Å²) in [5, 5.41) is 0. The van der Waals surface area contributed by atoms with E-state index in [0.717, 1.165) is 6.08 Å². The first-order chi connectivity index (χ1) is 5.90. The van der Waals surface area contributed by atoms with Gasteiger partial charge in [-0.25, -0.2) is 9.36 Å². The van der Waals surface area contributed by atoms with Gasteiger partial charge in [0, 0.05) is 0 Å². The van der Waals surface area contributed by atoms with Crippen LogP contribution in [-0.4, -0.2) is 22.4 Å². The predicted molar refractivity (Wildman–Crippen MR) is 43.5 cm³/mol.